The second-order valence-corrected chi connectivity index (χ2v) is 35.2. The van der Waals surface area contributed by atoms with Crippen molar-refractivity contribution in [2.45, 2.75) is 13.8 Å². The summed E-state index contributed by atoms with van der Waals surface area (Å²) in [5.41, 5.74) is 39.4. The molecule has 9 nitrogen and oxygen atoms in total. The Bertz CT molecular complexity index is 8580. The average molecular weight is 1800 g/mol. The van der Waals surface area contributed by atoms with Gasteiger partial charge < -0.3 is 28.4 Å². The summed E-state index contributed by atoms with van der Waals surface area (Å²) in [6.07, 6.45) is 11.2. The molecule has 25 rings (SSSR count). The molecule has 664 valence electrons. The molecule has 0 saturated heterocycles. The molecule has 0 aliphatic carbocycles. The van der Waals surface area contributed by atoms with Crippen molar-refractivity contribution in [3.8, 4) is 95.0 Å². The number of hydrogen-bond donors (Lipinski definition) is 0. The first-order valence-corrected chi connectivity index (χ1v) is 47.6. The molecule has 0 atom stereocenters. The van der Waals surface area contributed by atoms with Crippen molar-refractivity contribution in [2.75, 3.05) is 14.7 Å². The van der Waals surface area contributed by atoms with Crippen molar-refractivity contribution in [3.05, 3.63) is 552 Å². The molecule has 0 aliphatic rings. The highest BCUT2D eigenvalue weighted by Crippen LogP contribution is 2.50. The van der Waals surface area contributed by atoms with Crippen LogP contribution >= 0.6 is 0 Å². The number of fused-ring (bicyclic) bond motifs is 9. The summed E-state index contributed by atoms with van der Waals surface area (Å²) in [5, 5.41) is 7.29. The molecular formula is C131H95N9. The maximum atomic E-state index is 4.32. The quantitative estimate of drug-likeness (QED) is 0.0804. The fourth-order valence-electron chi connectivity index (χ4n) is 20.0. The lowest BCUT2D eigenvalue weighted by Crippen LogP contribution is -2.10. The minimum atomic E-state index is 1.10. The van der Waals surface area contributed by atoms with Crippen LogP contribution in [0.25, 0.3) is 160 Å². The topological polar surface area (TPSA) is 63.2 Å². The number of aromatic nitrogens is 6. The Balaban J connectivity index is 0.000000117. The molecule has 9 heteroatoms. The van der Waals surface area contributed by atoms with Gasteiger partial charge in [-0.2, -0.15) is 0 Å². The van der Waals surface area contributed by atoms with E-state index in [4.69, 9.17) is 0 Å². The van der Waals surface area contributed by atoms with Gasteiger partial charge in [0, 0.05) is 121 Å². The van der Waals surface area contributed by atoms with E-state index in [2.05, 4.69) is 543 Å². The second-order valence-electron chi connectivity index (χ2n) is 35.2. The Morgan fingerprint density at radius 2 is 0.436 bits per heavy atom. The smallest absolute Gasteiger partial charge is 0.0562 e. The number of anilines is 9. The lowest BCUT2D eigenvalue weighted by Gasteiger charge is -2.27. The molecule has 0 bridgehead atoms. The minimum absolute atomic E-state index is 1.10. The van der Waals surface area contributed by atoms with Crippen LogP contribution in [-0.4, -0.2) is 28.7 Å². The van der Waals surface area contributed by atoms with Gasteiger partial charge in [-0.15, -0.1) is 0 Å². The van der Waals surface area contributed by atoms with Gasteiger partial charge in [0.2, 0.25) is 0 Å². The predicted octanol–water partition coefficient (Wildman–Crippen LogP) is 35.2. The molecule has 19 aromatic carbocycles. The molecule has 0 radical (unpaired) electrons. The van der Waals surface area contributed by atoms with Crippen LogP contribution in [0, 0.1) is 13.8 Å². The van der Waals surface area contributed by atoms with Gasteiger partial charge in [-0.3, -0.25) is 15.0 Å². The van der Waals surface area contributed by atoms with Crippen LogP contribution in [0.3, 0.4) is 0 Å². The van der Waals surface area contributed by atoms with Gasteiger partial charge in [0.05, 0.1) is 50.2 Å². The van der Waals surface area contributed by atoms with Gasteiger partial charge in [0.15, 0.2) is 0 Å². The van der Waals surface area contributed by atoms with E-state index in [1.54, 1.807) is 0 Å². The van der Waals surface area contributed by atoms with E-state index in [-0.39, 0.29) is 0 Å². The summed E-state index contributed by atoms with van der Waals surface area (Å²) >= 11 is 0. The Morgan fingerprint density at radius 1 is 0.179 bits per heavy atom. The molecule has 0 unspecified atom stereocenters. The van der Waals surface area contributed by atoms with Gasteiger partial charge in [-0.1, -0.05) is 327 Å². The Kier molecular flexibility index (Phi) is 23.5. The SMILES string of the molecule is Cc1ccc(N(c2ccc(-c3ccccc3C)cc2)c2cccc3c2c2ccccc2n3-c2ccc(-c3cccnc3)cc2)cc1.c1ccc(-c2ccc(N(c3ccc(-c4ccccc4)cc3)c3cccc4c3c3ccccc3n4-c3ccc(-c4cccnc4)cc3)cc2)cc1.c1ccc(-c2cccc(N(c3ccccc3)c3cccc4c3c3ccccc3n4-c3ccc(-c4cccnc4)cc3)c2)cc1. The number of hydrogen-bond acceptors (Lipinski definition) is 6. The molecule has 0 N–H and O–H groups in total. The van der Waals surface area contributed by atoms with Crippen LogP contribution in [0.1, 0.15) is 11.1 Å². The Hall–Kier alpha value is -18.6. The average Bonchev–Trinajstić information content (AvgIpc) is 1.59. The fraction of sp³-hybridized carbons (Fsp3) is 0.0153. The zero-order chi connectivity index (χ0) is 93.6. The predicted molar refractivity (Wildman–Crippen MR) is 587 cm³/mol. The van der Waals surface area contributed by atoms with Crippen molar-refractivity contribution < 1.29 is 0 Å². The highest BCUT2D eigenvalue weighted by atomic mass is 15.2. The summed E-state index contributed by atoms with van der Waals surface area (Å²) in [4.78, 5) is 20.1. The zero-order valence-electron chi connectivity index (χ0n) is 77.4. The first kappa shape index (κ1) is 85.6. The molecule has 140 heavy (non-hydrogen) atoms. The van der Waals surface area contributed by atoms with Crippen LogP contribution in [0.4, 0.5) is 51.2 Å². The maximum absolute atomic E-state index is 4.32. The number of rotatable bonds is 19. The Morgan fingerprint density at radius 3 is 0.800 bits per heavy atom. The van der Waals surface area contributed by atoms with Crippen molar-refractivity contribution >= 4 is 117 Å². The normalized spacial score (nSPS) is 11.2. The number of para-hydroxylation sites is 4. The molecule has 0 spiro atoms. The van der Waals surface area contributed by atoms with Crippen LogP contribution in [0.15, 0.2) is 541 Å². The van der Waals surface area contributed by atoms with Crippen LogP contribution < -0.4 is 14.7 Å². The Labute approximate surface area is 814 Å². The summed E-state index contributed by atoms with van der Waals surface area (Å²) < 4.78 is 7.15. The van der Waals surface area contributed by atoms with E-state index in [9.17, 15) is 0 Å². The molecule has 6 aromatic heterocycles. The van der Waals surface area contributed by atoms with Crippen molar-refractivity contribution in [3.63, 3.8) is 0 Å². The standard InChI is InChI=1S/C47H33N3.C43H33N3.C41H29N3/c1-3-11-34(12-4-1)36-20-26-40(27-21-36)49(41-28-22-37(23-29-41)35-13-5-2-6-14-35)45-18-9-19-46-47(45)43-16-7-8-17-44(43)50(46)42-30-24-38(25-31-42)39-15-10-32-48-33-39;1-30-16-22-35(23-17-30)45(36-26-20-33(21-27-36)38-11-4-3-9-31(38)2)41-14-7-15-42-43(41)39-12-5-6-13-40(39)46(42)37-24-18-32(19-25-37)34-10-8-28-44-29-34;1-3-12-30(13-4-1)32-14-9-18-36(28-32)43(34-16-5-2-6-17-34)39-21-10-22-40-41(39)37-19-7-8-20-38(37)44(40)35-25-23-31(24-26-35)33-15-11-27-42-29-33/h1-33H;3-29H,1-2H3;1-29H. The third-order valence-electron chi connectivity index (χ3n) is 26.7. The largest absolute Gasteiger partial charge is 0.310 e. The van der Waals surface area contributed by atoms with E-state index < -0.39 is 0 Å². The van der Waals surface area contributed by atoms with Crippen LogP contribution in [0.2, 0.25) is 0 Å². The summed E-state index contributed by atoms with van der Waals surface area (Å²) in [7, 11) is 0. The molecule has 25 aromatic rings. The molecule has 6 heterocycles. The van der Waals surface area contributed by atoms with E-state index in [1.165, 1.54) is 110 Å². The molecule has 0 fully saturated rings. The monoisotopic (exact) mass is 1790 g/mol. The maximum Gasteiger partial charge on any atom is 0.0562 e. The number of aryl methyl sites for hydroxylation is 2. The van der Waals surface area contributed by atoms with Crippen molar-refractivity contribution in [1.29, 1.82) is 0 Å². The zero-order valence-corrected chi connectivity index (χ0v) is 77.4. The summed E-state index contributed by atoms with van der Waals surface area (Å²) in [5.74, 6) is 0. The van der Waals surface area contributed by atoms with Crippen molar-refractivity contribution in [2.24, 2.45) is 0 Å². The molecular weight excluding hydrogens is 1700 g/mol. The summed E-state index contributed by atoms with van der Waals surface area (Å²) in [6.45, 7) is 4.31. The second kappa shape index (κ2) is 38.4. The van der Waals surface area contributed by atoms with Gasteiger partial charge in [-0.25, -0.2) is 0 Å². The van der Waals surface area contributed by atoms with Gasteiger partial charge in [0.25, 0.3) is 0 Å². The third-order valence-corrected chi connectivity index (χ3v) is 26.7. The first-order chi connectivity index (χ1) is 69.3. The summed E-state index contributed by atoms with van der Waals surface area (Å²) in [6, 6.07) is 180. The fourth-order valence-corrected chi connectivity index (χ4v) is 20.0. The molecule has 0 aliphatic heterocycles. The van der Waals surface area contributed by atoms with Crippen LogP contribution in [-0.2, 0) is 0 Å². The van der Waals surface area contributed by atoms with Gasteiger partial charge in [0.1, 0.15) is 0 Å². The van der Waals surface area contributed by atoms with E-state index >= 15 is 0 Å². The third kappa shape index (κ3) is 16.8. The number of nitrogens with zero attached hydrogens (tertiary/aromatic N) is 9. The first-order valence-electron chi connectivity index (χ1n) is 47.6. The van der Waals surface area contributed by atoms with Crippen LogP contribution in [0.5, 0.6) is 0 Å². The molecule has 0 amide bonds. The highest BCUT2D eigenvalue weighted by Gasteiger charge is 2.27. The van der Waals surface area contributed by atoms with E-state index in [0.29, 0.717) is 0 Å². The number of pyridine rings is 3. The molecule has 0 saturated carbocycles. The number of benzene rings is 19. The van der Waals surface area contributed by atoms with E-state index in [1.807, 2.05) is 55.4 Å². The van der Waals surface area contributed by atoms with Crippen molar-refractivity contribution in [1.82, 2.24) is 28.7 Å². The minimum Gasteiger partial charge on any atom is -0.310 e. The highest BCUT2D eigenvalue weighted by molar-refractivity contribution is 6.19. The van der Waals surface area contributed by atoms with Gasteiger partial charge in [-0.05, 0) is 279 Å². The van der Waals surface area contributed by atoms with E-state index in [0.717, 1.165) is 113 Å². The lowest BCUT2D eigenvalue weighted by molar-refractivity contribution is 1.18. The van der Waals surface area contributed by atoms with Gasteiger partial charge >= 0.3 is 0 Å². The lowest BCUT2D eigenvalue weighted by atomic mass is 10.00.